The molecule has 2 aromatic carbocycles. The van der Waals surface area contributed by atoms with Crippen molar-refractivity contribution in [2.75, 3.05) is 20.1 Å². The fourth-order valence-corrected chi connectivity index (χ4v) is 11.2. The molecule has 1 saturated carbocycles. The Balaban J connectivity index is 1.78. The summed E-state index contributed by atoms with van der Waals surface area (Å²) in [4.78, 5) is 2.54. The Labute approximate surface area is 184 Å². The third-order valence-electron chi connectivity index (χ3n) is 7.91. The summed E-state index contributed by atoms with van der Waals surface area (Å²) in [5.41, 5.74) is 0. The maximum atomic E-state index is 7.54. The average molecular weight is 422 g/mol. The predicted octanol–water partition coefficient (Wildman–Crippen LogP) is 4.79. The molecule has 2 aliphatic rings. The third kappa shape index (κ3) is 3.70. The second-order valence-corrected chi connectivity index (χ2v) is 15.2. The molecule has 0 amide bonds. The lowest BCUT2D eigenvalue weighted by molar-refractivity contribution is 0.0869. The van der Waals surface area contributed by atoms with Crippen LogP contribution in [0.1, 0.15) is 41.0 Å². The SMILES string of the molecule is C[C@H]1[C@@H]2CN(C)C[C@H](C)[C@H]2C[C@@H]1O[Si](c1ccccc1)(c1ccccc1)C(C)(C)C. The Morgan fingerprint density at radius 3 is 1.87 bits per heavy atom. The zero-order valence-electron chi connectivity index (χ0n) is 19.6. The maximum absolute atomic E-state index is 7.54. The summed E-state index contributed by atoms with van der Waals surface area (Å²) < 4.78 is 7.54. The molecule has 2 aromatic rings. The number of nitrogens with zero attached hydrogens (tertiary/aromatic N) is 1. The van der Waals surface area contributed by atoms with E-state index in [1.807, 2.05) is 0 Å². The summed E-state index contributed by atoms with van der Waals surface area (Å²) in [5, 5.41) is 2.85. The first-order chi connectivity index (χ1) is 14.2. The van der Waals surface area contributed by atoms with Gasteiger partial charge in [0.2, 0.25) is 0 Å². The van der Waals surface area contributed by atoms with Gasteiger partial charge in [0.15, 0.2) is 0 Å². The van der Waals surface area contributed by atoms with Gasteiger partial charge in [-0.15, -0.1) is 0 Å². The minimum Gasteiger partial charge on any atom is -0.404 e. The van der Waals surface area contributed by atoms with Crippen LogP contribution >= 0.6 is 0 Å². The zero-order valence-corrected chi connectivity index (χ0v) is 20.6. The largest absolute Gasteiger partial charge is 0.404 e. The van der Waals surface area contributed by atoms with Gasteiger partial charge in [0, 0.05) is 19.2 Å². The Bertz CT molecular complexity index is 791. The van der Waals surface area contributed by atoms with Crippen molar-refractivity contribution in [3.63, 3.8) is 0 Å². The molecule has 162 valence electrons. The first-order valence-electron chi connectivity index (χ1n) is 11.7. The number of fused-ring (bicyclic) bond motifs is 1. The van der Waals surface area contributed by atoms with Crippen LogP contribution in [0.5, 0.6) is 0 Å². The number of hydrogen-bond donors (Lipinski definition) is 0. The van der Waals surface area contributed by atoms with Crippen molar-refractivity contribution in [1.82, 2.24) is 4.90 Å². The van der Waals surface area contributed by atoms with E-state index in [1.165, 1.54) is 29.9 Å². The van der Waals surface area contributed by atoms with Crippen LogP contribution in [0.3, 0.4) is 0 Å². The molecule has 0 N–H and O–H groups in total. The van der Waals surface area contributed by atoms with Gasteiger partial charge in [-0.1, -0.05) is 95.3 Å². The first kappa shape index (κ1) is 21.8. The molecule has 1 aliphatic carbocycles. The first-order valence-corrected chi connectivity index (χ1v) is 13.6. The lowest BCUT2D eigenvalue weighted by atomic mass is 9.79. The smallest absolute Gasteiger partial charge is 0.261 e. The lowest BCUT2D eigenvalue weighted by Gasteiger charge is -2.45. The van der Waals surface area contributed by atoms with Gasteiger partial charge >= 0.3 is 0 Å². The van der Waals surface area contributed by atoms with E-state index in [0.717, 1.165) is 17.8 Å². The summed E-state index contributed by atoms with van der Waals surface area (Å²) in [5.74, 6) is 2.90. The van der Waals surface area contributed by atoms with Gasteiger partial charge < -0.3 is 9.33 Å². The molecule has 30 heavy (non-hydrogen) atoms. The monoisotopic (exact) mass is 421 g/mol. The summed E-state index contributed by atoms with van der Waals surface area (Å²) in [6.45, 7) is 14.5. The molecule has 0 spiro atoms. The lowest BCUT2D eigenvalue weighted by Crippen LogP contribution is -2.68. The topological polar surface area (TPSA) is 12.5 Å². The van der Waals surface area contributed by atoms with E-state index in [1.54, 1.807) is 0 Å². The van der Waals surface area contributed by atoms with Crippen LogP contribution in [0.4, 0.5) is 0 Å². The highest BCUT2D eigenvalue weighted by Gasteiger charge is 2.55. The van der Waals surface area contributed by atoms with Crippen molar-refractivity contribution in [2.45, 2.75) is 52.2 Å². The van der Waals surface area contributed by atoms with Crippen LogP contribution in [0.2, 0.25) is 5.04 Å². The molecule has 2 fully saturated rings. The van der Waals surface area contributed by atoms with Crippen molar-refractivity contribution >= 4 is 18.7 Å². The van der Waals surface area contributed by atoms with Gasteiger partial charge in [-0.25, -0.2) is 0 Å². The molecule has 1 aliphatic heterocycles. The van der Waals surface area contributed by atoms with Gasteiger partial charge in [-0.2, -0.15) is 0 Å². The number of benzene rings is 2. The minimum absolute atomic E-state index is 0.0472. The Hall–Kier alpha value is -1.42. The second-order valence-electron chi connectivity index (χ2n) is 10.9. The van der Waals surface area contributed by atoms with Gasteiger partial charge in [-0.05, 0) is 52.6 Å². The van der Waals surface area contributed by atoms with Gasteiger partial charge in [0.05, 0.1) is 0 Å². The molecule has 5 atom stereocenters. The van der Waals surface area contributed by atoms with Gasteiger partial charge in [0.25, 0.3) is 8.32 Å². The summed E-state index contributed by atoms with van der Waals surface area (Å²) in [6.07, 6.45) is 1.55. The van der Waals surface area contributed by atoms with Crippen molar-refractivity contribution < 1.29 is 4.43 Å². The Morgan fingerprint density at radius 1 is 0.833 bits per heavy atom. The van der Waals surface area contributed by atoms with Crippen molar-refractivity contribution in [1.29, 1.82) is 0 Å². The van der Waals surface area contributed by atoms with E-state index in [9.17, 15) is 0 Å². The van der Waals surface area contributed by atoms with Gasteiger partial charge in [0.1, 0.15) is 0 Å². The summed E-state index contributed by atoms with van der Waals surface area (Å²) in [6, 6.07) is 22.2. The molecule has 1 saturated heterocycles. The highest BCUT2D eigenvalue weighted by Crippen LogP contribution is 2.48. The average Bonchev–Trinajstić information content (AvgIpc) is 3.02. The normalized spacial score (nSPS) is 30.3. The van der Waals surface area contributed by atoms with Gasteiger partial charge in [-0.3, -0.25) is 0 Å². The summed E-state index contributed by atoms with van der Waals surface area (Å²) >= 11 is 0. The van der Waals surface area contributed by atoms with E-state index in [2.05, 4.69) is 107 Å². The van der Waals surface area contributed by atoms with Crippen LogP contribution in [0.15, 0.2) is 60.7 Å². The highest BCUT2D eigenvalue weighted by molar-refractivity contribution is 6.99. The number of hydrogen-bond acceptors (Lipinski definition) is 2. The van der Waals surface area contributed by atoms with Crippen molar-refractivity contribution in [2.24, 2.45) is 23.7 Å². The molecule has 4 rings (SSSR count). The van der Waals surface area contributed by atoms with E-state index in [-0.39, 0.29) is 5.04 Å². The maximum Gasteiger partial charge on any atom is 0.261 e. The zero-order chi connectivity index (χ0) is 21.5. The standard InChI is InChI=1S/C27H39NOSi/c1-20-18-28(6)19-25-21(2)26(17-24(20)25)29-30(27(3,4)5,22-13-9-7-10-14-22)23-15-11-8-12-16-23/h7-16,20-21,24-26H,17-19H2,1-6H3/t20-,21-,24+,25-,26-/m0/s1. The quantitative estimate of drug-likeness (QED) is 0.659. The molecular formula is C27H39NOSi. The summed E-state index contributed by atoms with van der Waals surface area (Å²) in [7, 11) is -0.186. The predicted molar refractivity (Wildman–Crippen MR) is 130 cm³/mol. The molecule has 1 heterocycles. The molecule has 0 radical (unpaired) electrons. The molecule has 2 nitrogen and oxygen atoms in total. The number of piperidine rings is 1. The molecule has 0 unspecified atom stereocenters. The number of rotatable bonds is 4. The van der Waals surface area contributed by atoms with Crippen molar-refractivity contribution in [3.05, 3.63) is 60.7 Å². The number of likely N-dealkylation sites (tertiary alicyclic amines) is 1. The van der Waals surface area contributed by atoms with E-state index in [0.29, 0.717) is 12.0 Å². The molecule has 3 heteroatoms. The van der Waals surface area contributed by atoms with Crippen molar-refractivity contribution in [3.8, 4) is 0 Å². The van der Waals surface area contributed by atoms with Crippen LogP contribution in [0, 0.1) is 23.7 Å². The van der Waals surface area contributed by atoms with Crippen LogP contribution in [0.25, 0.3) is 0 Å². The van der Waals surface area contributed by atoms with Crippen LogP contribution in [-0.4, -0.2) is 39.5 Å². The van der Waals surface area contributed by atoms with Crippen LogP contribution in [-0.2, 0) is 4.43 Å². The van der Waals surface area contributed by atoms with E-state index >= 15 is 0 Å². The Kier molecular flexibility index (Phi) is 6.00. The fraction of sp³-hybridized carbons (Fsp3) is 0.556. The highest BCUT2D eigenvalue weighted by atomic mass is 28.4. The second kappa shape index (κ2) is 8.25. The molecular weight excluding hydrogens is 382 g/mol. The Morgan fingerprint density at radius 2 is 1.37 bits per heavy atom. The fourth-order valence-electron chi connectivity index (χ4n) is 6.41. The third-order valence-corrected chi connectivity index (χ3v) is 13.0. The molecule has 0 aromatic heterocycles. The molecule has 0 bridgehead atoms. The minimum atomic E-state index is -2.47. The van der Waals surface area contributed by atoms with Crippen LogP contribution < -0.4 is 10.4 Å². The van der Waals surface area contributed by atoms with E-state index in [4.69, 9.17) is 4.43 Å². The van der Waals surface area contributed by atoms with E-state index < -0.39 is 8.32 Å².